The second kappa shape index (κ2) is 9.72. The van der Waals surface area contributed by atoms with Crippen LogP contribution >= 0.6 is 11.6 Å². The molecule has 0 aliphatic carbocycles. The van der Waals surface area contributed by atoms with Gasteiger partial charge in [0.15, 0.2) is 0 Å². The highest BCUT2D eigenvalue weighted by Crippen LogP contribution is 2.27. The highest BCUT2D eigenvalue weighted by molar-refractivity contribution is 6.31. The molecule has 1 unspecified atom stereocenters. The first kappa shape index (κ1) is 23.4. The molecular formula is C22H33ClN4O2. The summed E-state index contributed by atoms with van der Waals surface area (Å²) < 4.78 is 1.54. The van der Waals surface area contributed by atoms with Gasteiger partial charge >= 0.3 is 0 Å². The van der Waals surface area contributed by atoms with Crippen molar-refractivity contribution in [2.75, 3.05) is 13.1 Å². The number of aromatic nitrogens is 2. The highest BCUT2D eigenvalue weighted by atomic mass is 35.5. The Bertz CT molecular complexity index is 917. The molecule has 1 aromatic carbocycles. The maximum atomic E-state index is 13.2. The maximum absolute atomic E-state index is 13.2. The number of nitrogens with zero attached hydrogens (tertiary/aromatic N) is 3. The number of carbonyl (C=O) groups is 1. The lowest BCUT2D eigenvalue weighted by molar-refractivity contribution is -0.142. The number of unbranched alkanes of at least 4 members (excludes halogenated alkanes) is 3. The first-order chi connectivity index (χ1) is 13.6. The molecule has 1 heterocycles. The van der Waals surface area contributed by atoms with Gasteiger partial charge in [-0.3, -0.25) is 14.2 Å². The molecule has 29 heavy (non-hydrogen) atoms. The first-order valence-electron chi connectivity index (χ1n) is 10.2. The molecule has 0 fully saturated rings. The maximum Gasteiger partial charge on any atom is 0.261 e. The third-order valence-electron chi connectivity index (χ3n) is 5.17. The van der Waals surface area contributed by atoms with E-state index in [1.807, 2.05) is 32.6 Å². The zero-order valence-corrected chi connectivity index (χ0v) is 18.9. The summed E-state index contributed by atoms with van der Waals surface area (Å²) in [5, 5.41) is 1.04. The van der Waals surface area contributed by atoms with Crippen molar-refractivity contribution < 1.29 is 4.79 Å². The smallest absolute Gasteiger partial charge is 0.261 e. The number of carbonyl (C=O) groups excluding carboxylic acids is 1. The Kier molecular flexibility index (Phi) is 7.83. The average molecular weight is 421 g/mol. The zero-order chi connectivity index (χ0) is 21.8. The Morgan fingerprint density at radius 2 is 1.90 bits per heavy atom. The lowest BCUT2D eigenvalue weighted by atomic mass is 9.93. The van der Waals surface area contributed by atoms with Crippen LogP contribution in [-0.4, -0.2) is 33.4 Å². The van der Waals surface area contributed by atoms with Crippen LogP contribution in [0.15, 0.2) is 23.0 Å². The number of benzene rings is 1. The van der Waals surface area contributed by atoms with Gasteiger partial charge in [-0.05, 0) is 44.5 Å². The Morgan fingerprint density at radius 1 is 1.24 bits per heavy atom. The van der Waals surface area contributed by atoms with Gasteiger partial charge in [0.25, 0.3) is 5.56 Å². The van der Waals surface area contributed by atoms with Gasteiger partial charge in [0.05, 0.1) is 16.9 Å². The minimum atomic E-state index is -0.523. The summed E-state index contributed by atoms with van der Waals surface area (Å²) in [5.41, 5.74) is 5.46. The van der Waals surface area contributed by atoms with Crippen molar-refractivity contribution in [2.24, 2.45) is 18.2 Å². The molecule has 1 amide bonds. The minimum absolute atomic E-state index is 0.0456. The van der Waals surface area contributed by atoms with Gasteiger partial charge in [-0.2, -0.15) is 0 Å². The van der Waals surface area contributed by atoms with Crippen molar-refractivity contribution in [1.82, 2.24) is 14.5 Å². The van der Waals surface area contributed by atoms with E-state index in [1.165, 1.54) is 4.57 Å². The first-order valence-corrected chi connectivity index (χ1v) is 10.6. The fourth-order valence-corrected chi connectivity index (χ4v) is 3.62. The summed E-state index contributed by atoms with van der Waals surface area (Å²) in [5.74, 6) is 0.605. The molecule has 0 spiro atoms. The molecular weight excluding hydrogens is 388 g/mol. The van der Waals surface area contributed by atoms with Gasteiger partial charge < -0.3 is 10.6 Å². The summed E-state index contributed by atoms with van der Waals surface area (Å²) in [7, 11) is 1.70. The van der Waals surface area contributed by atoms with Crippen LogP contribution < -0.4 is 11.3 Å². The van der Waals surface area contributed by atoms with E-state index in [0.717, 1.165) is 25.7 Å². The summed E-state index contributed by atoms with van der Waals surface area (Å²) >= 11 is 6.10. The van der Waals surface area contributed by atoms with Crippen molar-refractivity contribution in [2.45, 2.75) is 59.4 Å². The van der Waals surface area contributed by atoms with E-state index in [2.05, 4.69) is 0 Å². The van der Waals surface area contributed by atoms with Gasteiger partial charge in [-0.25, -0.2) is 4.98 Å². The molecule has 2 rings (SSSR count). The van der Waals surface area contributed by atoms with Gasteiger partial charge in [-0.15, -0.1) is 0 Å². The van der Waals surface area contributed by atoms with Crippen molar-refractivity contribution in [3.63, 3.8) is 0 Å². The number of fused-ring (bicyclic) bond motifs is 1. The summed E-state index contributed by atoms with van der Waals surface area (Å²) in [6.45, 7) is 8.97. The molecule has 0 saturated carbocycles. The highest BCUT2D eigenvalue weighted by Gasteiger charge is 2.32. The fraction of sp³-hybridized carbons (Fsp3) is 0.591. The molecule has 1 atom stereocenters. The molecule has 6 nitrogen and oxygen atoms in total. The molecule has 1 aromatic heterocycles. The van der Waals surface area contributed by atoms with E-state index in [4.69, 9.17) is 22.3 Å². The number of halogens is 1. The molecule has 0 bridgehead atoms. The number of rotatable bonds is 8. The van der Waals surface area contributed by atoms with E-state index >= 15 is 0 Å². The molecule has 2 N–H and O–H groups in total. The quantitative estimate of drug-likeness (QED) is 0.653. The van der Waals surface area contributed by atoms with Crippen LogP contribution in [0.4, 0.5) is 0 Å². The van der Waals surface area contributed by atoms with Crippen molar-refractivity contribution in [1.29, 1.82) is 0 Å². The molecule has 7 heteroatoms. The normalized spacial score (nSPS) is 12.9. The van der Waals surface area contributed by atoms with E-state index in [0.29, 0.717) is 34.8 Å². The van der Waals surface area contributed by atoms with Crippen LogP contribution in [0.3, 0.4) is 0 Å². The van der Waals surface area contributed by atoms with Crippen LogP contribution in [0.2, 0.25) is 5.02 Å². The second-order valence-corrected chi connectivity index (χ2v) is 9.06. The Balaban J connectivity index is 2.41. The van der Waals surface area contributed by atoms with Crippen molar-refractivity contribution >= 4 is 28.4 Å². The van der Waals surface area contributed by atoms with Crippen LogP contribution in [0, 0.1) is 5.41 Å². The summed E-state index contributed by atoms with van der Waals surface area (Å²) in [6, 6.07) is 4.73. The predicted octanol–water partition coefficient (Wildman–Crippen LogP) is 4.04. The lowest BCUT2D eigenvalue weighted by Gasteiger charge is -2.34. The minimum Gasteiger partial charge on any atom is -0.332 e. The molecule has 0 saturated heterocycles. The standard InChI is InChI=1S/C22H33ClN4O2/c1-15(27(21(29)22(2,3)4)13-9-7-6-8-12-24)19-25-18-14-16(23)10-11-17(18)20(28)26(19)5/h10-11,14-15H,6-9,12-13,24H2,1-5H3. The largest absolute Gasteiger partial charge is 0.332 e. The van der Waals surface area contributed by atoms with Crippen LogP contribution in [0.5, 0.6) is 0 Å². The third-order valence-corrected chi connectivity index (χ3v) is 5.41. The Labute approximate surface area is 178 Å². The van der Waals surface area contributed by atoms with E-state index < -0.39 is 5.41 Å². The molecule has 0 aliphatic rings. The lowest BCUT2D eigenvalue weighted by Crippen LogP contribution is -2.43. The zero-order valence-electron chi connectivity index (χ0n) is 18.2. The Hall–Kier alpha value is -1.92. The van der Waals surface area contributed by atoms with E-state index in [-0.39, 0.29) is 17.5 Å². The van der Waals surface area contributed by atoms with Crippen molar-refractivity contribution in [3.05, 3.63) is 39.4 Å². The van der Waals surface area contributed by atoms with Crippen molar-refractivity contribution in [3.8, 4) is 0 Å². The fourth-order valence-electron chi connectivity index (χ4n) is 3.46. The van der Waals surface area contributed by atoms with E-state index in [1.54, 1.807) is 25.2 Å². The monoisotopic (exact) mass is 420 g/mol. The predicted molar refractivity (Wildman–Crippen MR) is 119 cm³/mol. The van der Waals surface area contributed by atoms with E-state index in [9.17, 15) is 9.59 Å². The van der Waals surface area contributed by atoms with Crippen LogP contribution in [0.25, 0.3) is 10.9 Å². The van der Waals surface area contributed by atoms with Crippen LogP contribution in [-0.2, 0) is 11.8 Å². The van der Waals surface area contributed by atoms with Gasteiger partial charge in [-0.1, -0.05) is 45.2 Å². The molecule has 0 radical (unpaired) electrons. The number of hydrogen-bond acceptors (Lipinski definition) is 4. The number of hydrogen-bond donors (Lipinski definition) is 1. The number of amides is 1. The van der Waals surface area contributed by atoms with Gasteiger partial charge in [0.2, 0.25) is 5.91 Å². The van der Waals surface area contributed by atoms with Crippen LogP contribution in [0.1, 0.15) is 65.2 Å². The SMILES string of the molecule is CC(c1nc2cc(Cl)ccc2c(=O)n1C)N(CCCCCCN)C(=O)C(C)(C)C. The molecule has 0 aliphatic heterocycles. The second-order valence-electron chi connectivity index (χ2n) is 8.62. The van der Waals surface area contributed by atoms with Gasteiger partial charge in [0, 0.05) is 24.0 Å². The number of nitrogens with two attached hydrogens (primary N) is 1. The molecule has 160 valence electrons. The third kappa shape index (κ3) is 5.58. The molecule has 2 aromatic rings. The summed E-state index contributed by atoms with van der Waals surface area (Å²) in [4.78, 5) is 32.6. The topological polar surface area (TPSA) is 81.2 Å². The van der Waals surface area contributed by atoms with Gasteiger partial charge in [0.1, 0.15) is 5.82 Å². The Morgan fingerprint density at radius 3 is 2.52 bits per heavy atom. The summed E-state index contributed by atoms with van der Waals surface area (Å²) in [6.07, 6.45) is 3.94. The average Bonchev–Trinajstić information content (AvgIpc) is 2.65.